The molecular formula is C15H28N2O3. The van der Waals surface area contributed by atoms with Gasteiger partial charge in [-0.25, -0.2) is 0 Å². The fourth-order valence-corrected chi connectivity index (χ4v) is 3.23. The lowest BCUT2D eigenvalue weighted by Gasteiger charge is -2.44. The van der Waals surface area contributed by atoms with Crippen LogP contribution in [0.4, 0.5) is 0 Å². The van der Waals surface area contributed by atoms with Crippen molar-refractivity contribution in [3.63, 3.8) is 0 Å². The van der Waals surface area contributed by atoms with Gasteiger partial charge >= 0.3 is 5.97 Å². The van der Waals surface area contributed by atoms with Crippen LogP contribution >= 0.6 is 0 Å². The molecule has 5 nitrogen and oxygen atoms in total. The van der Waals surface area contributed by atoms with E-state index in [1.807, 2.05) is 6.92 Å². The molecule has 1 saturated carbocycles. The SMILES string of the molecule is COC(=O)C(C)(CN1CC(C)OC(C)(C)C1)NC1CC1. The lowest BCUT2D eigenvalue weighted by atomic mass is 9.98. The molecule has 116 valence electrons. The van der Waals surface area contributed by atoms with Crippen LogP contribution in [0.1, 0.15) is 40.5 Å². The molecule has 0 bridgehead atoms. The van der Waals surface area contributed by atoms with E-state index < -0.39 is 5.54 Å². The molecule has 0 radical (unpaired) electrons. The zero-order chi connectivity index (χ0) is 15.0. The number of hydrogen-bond donors (Lipinski definition) is 1. The predicted molar refractivity (Wildman–Crippen MR) is 77.6 cm³/mol. The van der Waals surface area contributed by atoms with Crippen molar-refractivity contribution in [3.05, 3.63) is 0 Å². The van der Waals surface area contributed by atoms with Crippen molar-refractivity contribution >= 4 is 5.97 Å². The Kier molecular flexibility index (Phi) is 4.42. The molecule has 1 aliphatic heterocycles. The molecule has 2 atom stereocenters. The Labute approximate surface area is 122 Å². The highest BCUT2D eigenvalue weighted by Crippen LogP contribution is 2.26. The number of morpholine rings is 1. The lowest BCUT2D eigenvalue weighted by molar-refractivity contribution is -0.155. The Morgan fingerprint density at radius 1 is 1.50 bits per heavy atom. The Morgan fingerprint density at radius 2 is 2.15 bits per heavy atom. The van der Waals surface area contributed by atoms with E-state index in [1.54, 1.807) is 0 Å². The molecule has 1 N–H and O–H groups in total. The van der Waals surface area contributed by atoms with Crippen LogP contribution in [0.15, 0.2) is 0 Å². The van der Waals surface area contributed by atoms with Gasteiger partial charge in [0.05, 0.1) is 18.8 Å². The third-order valence-electron chi connectivity index (χ3n) is 3.92. The fourth-order valence-electron chi connectivity index (χ4n) is 3.23. The number of esters is 1. The van der Waals surface area contributed by atoms with Gasteiger partial charge in [-0.1, -0.05) is 0 Å². The molecule has 5 heteroatoms. The standard InChI is InChI=1S/C15H28N2O3/c1-11-8-17(9-14(2,3)20-11)10-15(4,13(18)19-5)16-12-6-7-12/h11-12,16H,6-10H2,1-5H3. The minimum Gasteiger partial charge on any atom is -0.468 e. The Hall–Kier alpha value is -0.650. The van der Waals surface area contributed by atoms with E-state index >= 15 is 0 Å². The molecule has 2 rings (SSSR count). The number of rotatable bonds is 5. The molecule has 1 saturated heterocycles. The molecule has 0 aromatic rings. The van der Waals surface area contributed by atoms with Crippen molar-refractivity contribution in [2.24, 2.45) is 0 Å². The second kappa shape index (κ2) is 5.62. The average molecular weight is 284 g/mol. The second-order valence-electron chi connectivity index (χ2n) is 7.10. The molecule has 2 unspecified atom stereocenters. The highest BCUT2D eigenvalue weighted by atomic mass is 16.5. The van der Waals surface area contributed by atoms with E-state index in [0.717, 1.165) is 25.9 Å². The maximum atomic E-state index is 12.2. The topological polar surface area (TPSA) is 50.8 Å². The van der Waals surface area contributed by atoms with E-state index in [0.29, 0.717) is 12.6 Å². The molecule has 20 heavy (non-hydrogen) atoms. The first-order valence-electron chi connectivity index (χ1n) is 7.50. The highest BCUT2D eigenvalue weighted by molar-refractivity contribution is 5.80. The van der Waals surface area contributed by atoms with Crippen molar-refractivity contribution in [2.75, 3.05) is 26.7 Å². The Bertz CT molecular complexity index is 368. The number of hydrogen-bond acceptors (Lipinski definition) is 5. The first-order valence-corrected chi connectivity index (χ1v) is 7.50. The largest absolute Gasteiger partial charge is 0.468 e. The third kappa shape index (κ3) is 3.93. The summed E-state index contributed by atoms with van der Waals surface area (Å²) in [6.45, 7) is 10.6. The number of methoxy groups -OCH3 is 1. The minimum absolute atomic E-state index is 0.172. The summed E-state index contributed by atoms with van der Waals surface area (Å²) in [4.78, 5) is 14.5. The van der Waals surface area contributed by atoms with Crippen LogP contribution in [0, 0.1) is 0 Å². The van der Waals surface area contributed by atoms with Gasteiger partial charge in [-0.15, -0.1) is 0 Å². The van der Waals surface area contributed by atoms with Gasteiger partial charge in [0, 0.05) is 25.7 Å². The lowest BCUT2D eigenvalue weighted by Crippen LogP contribution is -2.62. The van der Waals surface area contributed by atoms with E-state index in [2.05, 4.69) is 31.0 Å². The van der Waals surface area contributed by atoms with E-state index in [1.165, 1.54) is 7.11 Å². The van der Waals surface area contributed by atoms with Gasteiger partial charge in [-0.2, -0.15) is 0 Å². The van der Waals surface area contributed by atoms with Gasteiger partial charge in [-0.3, -0.25) is 15.0 Å². The van der Waals surface area contributed by atoms with Crippen LogP contribution in [0.3, 0.4) is 0 Å². The smallest absolute Gasteiger partial charge is 0.327 e. The molecule has 1 aliphatic carbocycles. The molecule has 2 fully saturated rings. The maximum absolute atomic E-state index is 12.2. The first-order chi connectivity index (χ1) is 9.24. The number of carbonyl (C=O) groups excluding carboxylic acids is 1. The summed E-state index contributed by atoms with van der Waals surface area (Å²) in [6.07, 6.45) is 2.48. The van der Waals surface area contributed by atoms with E-state index in [-0.39, 0.29) is 17.7 Å². The summed E-state index contributed by atoms with van der Waals surface area (Å²) in [7, 11) is 1.46. The minimum atomic E-state index is -0.636. The van der Waals surface area contributed by atoms with Crippen LogP contribution in [-0.4, -0.2) is 60.9 Å². The van der Waals surface area contributed by atoms with Crippen molar-refractivity contribution in [3.8, 4) is 0 Å². The third-order valence-corrected chi connectivity index (χ3v) is 3.92. The van der Waals surface area contributed by atoms with Crippen molar-refractivity contribution < 1.29 is 14.3 Å². The van der Waals surface area contributed by atoms with Crippen molar-refractivity contribution in [1.29, 1.82) is 0 Å². The van der Waals surface area contributed by atoms with Gasteiger partial charge in [0.15, 0.2) is 0 Å². The molecule has 0 aromatic carbocycles. The van der Waals surface area contributed by atoms with Crippen LogP contribution in [0.5, 0.6) is 0 Å². The van der Waals surface area contributed by atoms with Crippen LogP contribution in [0.2, 0.25) is 0 Å². The Balaban J connectivity index is 2.04. The molecule has 0 aromatic heterocycles. The highest BCUT2D eigenvalue weighted by Gasteiger charge is 2.43. The monoisotopic (exact) mass is 284 g/mol. The summed E-state index contributed by atoms with van der Waals surface area (Å²) in [5, 5.41) is 3.45. The van der Waals surface area contributed by atoms with Crippen LogP contribution < -0.4 is 5.32 Å². The van der Waals surface area contributed by atoms with Gasteiger partial charge < -0.3 is 9.47 Å². The number of nitrogens with zero attached hydrogens (tertiary/aromatic N) is 1. The number of nitrogens with one attached hydrogen (secondary N) is 1. The van der Waals surface area contributed by atoms with Crippen molar-refractivity contribution in [1.82, 2.24) is 10.2 Å². The van der Waals surface area contributed by atoms with Gasteiger partial charge in [-0.05, 0) is 40.5 Å². The van der Waals surface area contributed by atoms with E-state index in [9.17, 15) is 4.79 Å². The fraction of sp³-hybridized carbons (Fsp3) is 0.933. The summed E-state index contributed by atoms with van der Waals surface area (Å²) in [6, 6.07) is 0.463. The molecule has 0 spiro atoms. The van der Waals surface area contributed by atoms with Crippen molar-refractivity contribution in [2.45, 2.75) is 63.8 Å². The summed E-state index contributed by atoms with van der Waals surface area (Å²) >= 11 is 0. The molecule has 0 amide bonds. The molecular weight excluding hydrogens is 256 g/mol. The molecule has 2 aliphatic rings. The number of carbonyl (C=O) groups is 1. The van der Waals surface area contributed by atoms with Crippen LogP contribution in [0.25, 0.3) is 0 Å². The summed E-state index contributed by atoms with van der Waals surface area (Å²) < 4.78 is 10.9. The van der Waals surface area contributed by atoms with E-state index in [4.69, 9.17) is 9.47 Å². The zero-order valence-electron chi connectivity index (χ0n) is 13.4. The quantitative estimate of drug-likeness (QED) is 0.768. The molecule has 1 heterocycles. The average Bonchev–Trinajstić information content (AvgIpc) is 3.08. The number of ether oxygens (including phenoxy) is 2. The van der Waals surface area contributed by atoms with Crippen LogP contribution in [-0.2, 0) is 14.3 Å². The first kappa shape index (κ1) is 15.7. The normalized spacial score (nSPS) is 29.8. The van der Waals surface area contributed by atoms with Gasteiger partial charge in [0.2, 0.25) is 0 Å². The summed E-state index contributed by atoms with van der Waals surface area (Å²) in [5.41, 5.74) is -0.808. The maximum Gasteiger partial charge on any atom is 0.327 e. The summed E-state index contributed by atoms with van der Waals surface area (Å²) in [5.74, 6) is -0.179. The van der Waals surface area contributed by atoms with Gasteiger partial charge in [0.25, 0.3) is 0 Å². The second-order valence-corrected chi connectivity index (χ2v) is 7.10. The zero-order valence-corrected chi connectivity index (χ0v) is 13.4. The van der Waals surface area contributed by atoms with Gasteiger partial charge in [0.1, 0.15) is 5.54 Å². The Morgan fingerprint density at radius 3 is 2.65 bits per heavy atom. The predicted octanol–water partition coefficient (Wildman–Crippen LogP) is 1.17.